The highest BCUT2D eigenvalue weighted by Gasteiger charge is 2.42. The van der Waals surface area contributed by atoms with Crippen molar-refractivity contribution in [2.45, 2.75) is 52.6 Å². The number of nitrogens with zero attached hydrogens (tertiary/aromatic N) is 1. The standard InChI is InChI=1S/C20H27Cl2NO2/c1-6-9-20(14(2)15-7-8-16(21)17(22)12-15)10-11-23(13-20)18(24)25-19(3,4)5/h7-8,12H,2,6,9-11,13H2,1,3-5H3/t20-/m0/s1. The van der Waals surface area contributed by atoms with E-state index in [-0.39, 0.29) is 11.5 Å². The average molecular weight is 384 g/mol. The Labute approximate surface area is 160 Å². The zero-order chi connectivity index (χ0) is 18.8. The van der Waals surface area contributed by atoms with E-state index in [0.29, 0.717) is 23.1 Å². The molecule has 1 amide bonds. The van der Waals surface area contributed by atoms with Gasteiger partial charge in [-0.2, -0.15) is 0 Å². The molecule has 0 radical (unpaired) electrons. The highest BCUT2D eigenvalue weighted by atomic mass is 35.5. The average Bonchev–Trinajstić information content (AvgIpc) is 2.94. The smallest absolute Gasteiger partial charge is 0.410 e. The summed E-state index contributed by atoms with van der Waals surface area (Å²) < 4.78 is 5.53. The van der Waals surface area contributed by atoms with Crippen LogP contribution in [0.25, 0.3) is 5.57 Å². The Bertz CT molecular complexity index is 666. The molecular formula is C20H27Cl2NO2. The normalized spacial score (nSPS) is 20.6. The summed E-state index contributed by atoms with van der Waals surface area (Å²) in [5.74, 6) is 0. The molecule has 3 nitrogen and oxygen atoms in total. The maximum atomic E-state index is 12.4. The van der Waals surface area contributed by atoms with E-state index in [1.54, 1.807) is 11.0 Å². The minimum Gasteiger partial charge on any atom is -0.444 e. The molecule has 0 unspecified atom stereocenters. The van der Waals surface area contributed by atoms with Crippen LogP contribution in [0.1, 0.15) is 52.5 Å². The lowest BCUT2D eigenvalue weighted by atomic mass is 9.73. The van der Waals surface area contributed by atoms with Crippen molar-refractivity contribution >= 4 is 34.9 Å². The van der Waals surface area contributed by atoms with Crippen LogP contribution >= 0.6 is 23.2 Å². The molecule has 0 N–H and O–H groups in total. The van der Waals surface area contributed by atoms with Gasteiger partial charge in [-0.3, -0.25) is 0 Å². The summed E-state index contributed by atoms with van der Waals surface area (Å²) in [7, 11) is 0. The van der Waals surface area contributed by atoms with Crippen molar-refractivity contribution in [1.82, 2.24) is 4.90 Å². The number of benzene rings is 1. The second-order valence-corrected chi connectivity index (χ2v) is 8.60. The van der Waals surface area contributed by atoms with Crippen molar-refractivity contribution in [2.75, 3.05) is 13.1 Å². The number of likely N-dealkylation sites (tertiary alicyclic amines) is 1. The van der Waals surface area contributed by atoms with Crippen molar-refractivity contribution in [3.8, 4) is 0 Å². The van der Waals surface area contributed by atoms with Crippen molar-refractivity contribution in [2.24, 2.45) is 5.41 Å². The fourth-order valence-electron chi connectivity index (χ4n) is 3.42. The topological polar surface area (TPSA) is 29.5 Å². The Morgan fingerprint density at radius 3 is 2.56 bits per heavy atom. The van der Waals surface area contributed by atoms with E-state index in [1.165, 1.54) is 0 Å². The molecule has 1 fully saturated rings. The molecule has 5 heteroatoms. The molecule has 0 aromatic heterocycles. The Hall–Kier alpha value is -1.19. The first-order valence-electron chi connectivity index (χ1n) is 8.71. The van der Waals surface area contributed by atoms with E-state index < -0.39 is 5.60 Å². The van der Waals surface area contributed by atoms with Gasteiger partial charge in [-0.1, -0.05) is 49.2 Å². The molecule has 1 aliphatic rings. The number of rotatable bonds is 4. The van der Waals surface area contributed by atoms with Gasteiger partial charge in [0.25, 0.3) is 0 Å². The Balaban J connectivity index is 2.23. The molecule has 1 heterocycles. The maximum Gasteiger partial charge on any atom is 0.410 e. The van der Waals surface area contributed by atoms with Crippen LogP contribution in [0.5, 0.6) is 0 Å². The van der Waals surface area contributed by atoms with Gasteiger partial charge in [-0.25, -0.2) is 4.79 Å². The van der Waals surface area contributed by atoms with Crippen LogP contribution in [0.15, 0.2) is 24.8 Å². The molecule has 1 aliphatic heterocycles. The number of halogens is 2. The predicted octanol–water partition coefficient (Wildman–Crippen LogP) is 6.43. The molecule has 25 heavy (non-hydrogen) atoms. The lowest BCUT2D eigenvalue weighted by Gasteiger charge is -2.32. The van der Waals surface area contributed by atoms with Crippen molar-refractivity contribution in [3.05, 3.63) is 40.4 Å². The third-order valence-corrected chi connectivity index (χ3v) is 5.38. The Morgan fingerprint density at radius 1 is 1.32 bits per heavy atom. The molecule has 1 aromatic carbocycles. The predicted molar refractivity (Wildman–Crippen MR) is 105 cm³/mol. The molecule has 0 aliphatic carbocycles. The number of ether oxygens (including phenoxy) is 1. The van der Waals surface area contributed by atoms with Crippen molar-refractivity contribution in [1.29, 1.82) is 0 Å². The first-order valence-corrected chi connectivity index (χ1v) is 9.46. The fraction of sp³-hybridized carbons (Fsp3) is 0.550. The largest absolute Gasteiger partial charge is 0.444 e. The van der Waals surface area contributed by atoms with Crippen LogP contribution < -0.4 is 0 Å². The zero-order valence-electron chi connectivity index (χ0n) is 15.5. The SMILES string of the molecule is C=C(c1ccc(Cl)c(Cl)c1)[C@@]1(CCC)CCN(C(=O)OC(C)(C)C)C1. The summed E-state index contributed by atoms with van der Waals surface area (Å²) in [4.78, 5) is 14.2. The second-order valence-electron chi connectivity index (χ2n) is 7.79. The number of hydrogen-bond acceptors (Lipinski definition) is 2. The number of carbonyl (C=O) groups is 1. The highest BCUT2D eigenvalue weighted by molar-refractivity contribution is 6.42. The Kier molecular flexibility index (Phi) is 6.11. The number of amides is 1. The molecule has 0 spiro atoms. The van der Waals surface area contributed by atoms with Gasteiger partial charge in [0.05, 0.1) is 10.0 Å². The van der Waals surface area contributed by atoms with E-state index in [0.717, 1.165) is 30.4 Å². The van der Waals surface area contributed by atoms with Crippen LogP contribution in [0, 0.1) is 5.41 Å². The van der Waals surface area contributed by atoms with Crippen LogP contribution in [0.4, 0.5) is 4.79 Å². The first kappa shape index (κ1) is 20.1. The molecule has 0 bridgehead atoms. The summed E-state index contributed by atoms with van der Waals surface area (Å²) in [5, 5.41) is 1.05. The quantitative estimate of drug-likeness (QED) is 0.598. The minimum absolute atomic E-state index is 0.150. The van der Waals surface area contributed by atoms with E-state index in [4.69, 9.17) is 27.9 Å². The molecule has 1 saturated heterocycles. The summed E-state index contributed by atoms with van der Waals surface area (Å²) in [5.41, 5.74) is 1.35. The van der Waals surface area contributed by atoms with Gasteiger partial charge >= 0.3 is 6.09 Å². The summed E-state index contributed by atoms with van der Waals surface area (Å²) in [6.07, 6.45) is 2.60. The molecule has 0 saturated carbocycles. The van der Waals surface area contributed by atoms with Gasteiger partial charge in [0.2, 0.25) is 0 Å². The molecule has 1 aromatic rings. The summed E-state index contributed by atoms with van der Waals surface area (Å²) in [6, 6.07) is 5.61. The van der Waals surface area contributed by atoms with E-state index in [9.17, 15) is 4.79 Å². The maximum absolute atomic E-state index is 12.4. The molecule has 2 rings (SSSR count). The highest BCUT2D eigenvalue weighted by Crippen LogP contribution is 2.46. The first-order chi connectivity index (χ1) is 11.6. The monoisotopic (exact) mass is 383 g/mol. The van der Waals surface area contributed by atoms with Gasteiger partial charge in [0.1, 0.15) is 5.60 Å². The van der Waals surface area contributed by atoms with E-state index in [2.05, 4.69) is 13.5 Å². The minimum atomic E-state index is -0.492. The van der Waals surface area contributed by atoms with Gasteiger partial charge in [0.15, 0.2) is 0 Å². The Morgan fingerprint density at radius 2 is 2.00 bits per heavy atom. The number of hydrogen-bond donors (Lipinski definition) is 0. The fourth-order valence-corrected chi connectivity index (χ4v) is 3.72. The zero-order valence-corrected chi connectivity index (χ0v) is 17.0. The van der Waals surface area contributed by atoms with Crippen molar-refractivity contribution in [3.63, 3.8) is 0 Å². The molecular weight excluding hydrogens is 357 g/mol. The molecule has 138 valence electrons. The third-order valence-electron chi connectivity index (χ3n) is 4.64. The number of carbonyl (C=O) groups excluding carboxylic acids is 1. The van der Waals surface area contributed by atoms with E-state index in [1.807, 2.05) is 32.9 Å². The second kappa shape index (κ2) is 7.59. The summed E-state index contributed by atoms with van der Waals surface area (Å²) in [6.45, 7) is 13.5. The van der Waals surface area contributed by atoms with Gasteiger partial charge < -0.3 is 9.64 Å². The van der Waals surface area contributed by atoms with Crippen molar-refractivity contribution < 1.29 is 9.53 Å². The molecule has 1 atom stereocenters. The van der Waals surface area contributed by atoms with Gasteiger partial charge in [0, 0.05) is 18.5 Å². The third kappa shape index (κ3) is 4.71. The van der Waals surface area contributed by atoms with Crippen LogP contribution in [-0.2, 0) is 4.74 Å². The lowest BCUT2D eigenvalue weighted by molar-refractivity contribution is 0.0280. The van der Waals surface area contributed by atoms with Crippen LogP contribution in [0.3, 0.4) is 0 Å². The van der Waals surface area contributed by atoms with Crippen LogP contribution in [0.2, 0.25) is 10.0 Å². The summed E-state index contributed by atoms with van der Waals surface area (Å²) >= 11 is 12.2. The van der Waals surface area contributed by atoms with E-state index >= 15 is 0 Å². The van der Waals surface area contributed by atoms with Crippen LogP contribution in [-0.4, -0.2) is 29.7 Å². The van der Waals surface area contributed by atoms with Gasteiger partial charge in [-0.15, -0.1) is 0 Å². The lowest BCUT2D eigenvalue weighted by Crippen LogP contribution is -2.37. The van der Waals surface area contributed by atoms with Gasteiger partial charge in [-0.05, 0) is 56.9 Å².